The molecule has 0 fully saturated rings. The summed E-state index contributed by atoms with van der Waals surface area (Å²) >= 11 is 0. The van der Waals surface area contributed by atoms with Gasteiger partial charge in [-0.25, -0.2) is 21.2 Å². The summed E-state index contributed by atoms with van der Waals surface area (Å²) in [5.74, 6) is -1.78. The van der Waals surface area contributed by atoms with Crippen molar-refractivity contribution in [1.29, 1.82) is 0 Å². The number of sulfone groups is 1. The molecule has 0 saturated heterocycles. The lowest BCUT2D eigenvalue weighted by Gasteiger charge is -2.12. The van der Waals surface area contributed by atoms with E-state index in [4.69, 9.17) is 0 Å². The fraction of sp³-hybridized carbons (Fsp3) is 0.300. The second-order valence-electron chi connectivity index (χ2n) is 3.88. The van der Waals surface area contributed by atoms with Crippen LogP contribution >= 0.6 is 0 Å². The number of sulfonamides is 1. The molecular weight excluding hydrogens is 297 g/mol. The Morgan fingerprint density at radius 1 is 1.16 bits per heavy atom. The molecule has 0 heterocycles. The van der Waals surface area contributed by atoms with Gasteiger partial charge in [-0.1, -0.05) is 0 Å². The molecular formula is C10H12FNO5S2. The SMILES string of the molecule is CC(C(=O)NS(C)(=O)=O)S(=O)(=O)c1ccc(F)cc1. The summed E-state index contributed by atoms with van der Waals surface area (Å²) in [6.07, 6.45) is 0.738. The number of carbonyl (C=O) groups is 1. The highest BCUT2D eigenvalue weighted by atomic mass is 32.2. The molecule has 0 aliphatic heterocycles. The Kier molecular flexibility index (Phi) is 4.31. The topological polar surface area (TPSA) is 97.4 Å². The zero-order chi connectivity index (χ0) is 14.8. The van der Waals surface area contributed by atoms with E-state index in [-0.39, 0.29) is 4.90 Å². The van der Waals surface area contributed by atoms with Gasteiger partial charge in [-0.3, -0.25) is 9.52 Å². The van der Waals surface area contributed by atoms with Gasteiger partial charge in [0.2, 0.25) is 10.0 Å². The molecule has 0 spiro atoms. The Hall–Kier alpha value is -1.48. The zero-order valence-corrected chi connectivity index (χ0v) is 11.8. The average molecular weight is 309 g/mol. The molecule has 0 bridgehead atoms. The summed E-state index contributed by atoms with van der Waals surface area (Å²) < 4.78 is 60.0. The van der Waals surface area contributed by atoms with Crippen LogP contribution < -0.4 is 4.72 Å². The number of hydrogen-bond acceptors (Lipinski definition) is 5. The van der Waals surface area contributed by atoms with Crippen molar-refractivity contribution in [2.45, 2.75) is 17.1 Å². The van der Waals surface area contributed by atoms with Crippen LogP contribution in [0.5, 0.6) is 0 Å². The predicted octanol–water partition coefficient (Wildman–Crippen LogP) is 0.0637. The Balaban J connectivity index is 3.07. The molecule has 19 heavy (non-hydrogen) atoms. The summed E-state index contributed by atoms with van der Waals surface area (Å²) in [7, 11) is -7.91. The van der Waals surface area contributed by atoms with Crippen molar-refractivity contribution in [2.75, 3.05) is 6.26 Å². The number of amides is 1. The first kappa shape index (κ1) is 15.6. The van der Waals surface area contributed by atoms with Crippen LogP contribution in [0.15, 0.2) is 29.2 Å². The van der Waals surface area contributed by atoms with E-state index in [9.17, 15) is 26.0 Å². The molecule has 1 rings (SSSR count). The Labute approximate surface area is 110 Å². The Bertz CT molecular complexity index is 679. The van der Waals surface area contributed by atoms with E-state index in [1.165, 1.54) is 0 Å². The second kappa shape index (κ2) is 5.25. The fourth-order valence-corrected chi connectivity index (χ4v) is 3.12. The Morgan fingerprint density at radius 3 is 2.05 bits per heavy atom. The molecule has 6 nitrogen and oxygen atoms in total. The molecule has 1 amide bonds. The molecule has 1 unspecified atom stereocenters. The van der Waals surface area contributed by atoms with E-state index in [0.29, 0.717) is 0 Å². The number of nitrogens with one attached hydrogen (secondary N) is 1. The summed E-state index contributed by atoms with van der Waals surface area (Å²) in [5.41, 5.74) is 0. The number of carbonyl (C=O) groups excluding carboxylic acids is 1. The standard InChI is InChI=1S/C10H12FNO5S2/c1-7(10(13)12-18(2,14)15)19(16,17)9-5-3-8(11)4-6-9/h3-7H,1-2H3,(H,12,13). The molecule has 0 saturated carbocycles. The molecule has 1 aromatic rings. The van der Waals surface area contributed by atoms with Gasteiger partial charge in [-0.2, -0.15) is 0 Å². The number of rotatable bonds is 4. The van der Waals surface area contributed by atoms with Crippen LogP contribution in [0.2, 0.25) is 0 Å². The molecule has 0 aromatic heterocycles. The smallest absolute Gasteiger partial charge is 0.251 e. The summed E-state index contributed by atoms with van der Waals surface area (Å²) in [5, 5.41) is -1.60. The lowest BCUT2D eigenvalue weighted by Crippen LogP contribution is -2.40. The van der Waals surface area contributed by atoms with Crippen molar-refractivity contribution >= 4 is 25.8 Å². The van der Waals surface area contributed by atoms with Gasteiger partial charge in [0, 0.05) is 0 Å². The third-order valence-corrected chi connectivity index (χ3v) is 4.91. The molecule has 0 aliphatic carbocycles. The van der Waals surface area contributed by atoms with Crippen molar-refractivity contribution in [1.82, 2.24) is 4.72 Å². The number of hydrogen-bond donors (Lipinski definition) is 1. The third-order valence-electron chi connectivity index (χ3n) is 2.26. The maximum Gasteiger partial charge on any atom is 0.251 e. The van der Waals surface area contributed by atoms with Gasteiger partial charge in [0.05, 0.1) is 11.2 Å². The average Bonchev–Trinajstić information content (AvgIpc) is 2.26. The molecule has 1 N–H and O–H groups in total. The lowest BCUT2D eigenvalue weighted by atomic mass is 10.3. The van der Waals surface area contributed by atoms with Gasteiger partial charge in [0.15, 0.2) is 9.84 Å². The lowest BCUT2D eigenvalue weighted by molar-refractivity contribution is -0.118. The quantitative estimate of drug-likeness (QED) is 0.793. The monoisotopic (exact) mass is 309 g/mol. The van der Waals surface area contributed by atoms with E-state index in [0.717, 1.165) is 37.4 Å². The van der Waals surface area contributed by atoms with Gasteiger partial charge < -0.3 is 0 Å². The molecule has 106 valence electrons. The van der Waals surface area contributed by atoms with Gasteiger partial charge in [-0.05, 0) is 31.2 Å². The Morgan fingerprint density at radius 2 is 1.63 bits per heavy atom. The minimum Gasteiger partial charge on any atom is -0.273 e. The first-order chi connectivity index (χ1) is 8.54. The highest BCUT2D eigenvalue weighted by molar-refractivity contribution is 7.93. The van der Waals surface area contributed by atoms with Crippen LogP contribution in [-0.2, 0) is 24.7 Å². The van der Waals surface area contributed by atoms with E-state index in [1.807, 2.05) is 0 Å². The largest absolute Gasteiger partial charge is 0.273 e. The minimum absolute atomic E-state index is 0.259. The third kappa shape index (κ3) is 4.00. The maximum absolute atomic E-state index is 12.7. The zero-order valence-electron chi connectivity index (χ0n) is 10.1. The molecule has 9 heteroatoms. The van der Waals surface area contributed by atoms with Crippen molar-refractivity contribution < 1.29 is 26.0 Å². The van der Waals surface area contributed by atoms with Crippen LogP contribution in [0.25, 0.3) is 0 Å². The van der Waals surface area contributed by atoms with Crippen LogP contribution in [0.4, 0.5) is 4.39 Å². The second-order valence-corrected chi connectivity index (χ2v) is 7.90. The molecule has 0 radical (unpaired) electrons. The van der Waals surface area contributed by atoms with Crippen LogP contribution in [0.3, 0.4) is 0 Å². The van der Waals surface area contributed by atoms with Crippen LogP contribution in [0.1, 0.15) is 6.92 Å². The van der Waals surface area contributed by atoms with Gasteiger partial charge in [0.1, 0.15) is 11.1 Å². The van der Waals surface area contributed by atoms with Gasteiger partial charge >= 0.3 is 0 Å². The van der Waals surface area contributed by atoms with Crippen LogP contribution in [0, 0.1) is 5.82 Å². The first-order valence-electron chi connectivity index (χ1n) is 5.05. The summed E-state index contributed by atoms with van der Waals surface area (Å²) in [4.78, 5) is 11.2. The van der Waals surface area contributed by atoms with Crippen LogP contribution in [-0.4, -0.2) is 34.2 Å². The molecule has 1 atom stereocenters. The number of benzene rings is 1. The van der Waals surface area contributed by atoms with E-state index < -0.39 is 36.8 Å². The van der Waals surface area contributed by atoms with E-state index >= 15 is 0 Å². The highest BCUT2D eigenvalue weighted by Gasteiger charge is 2.31. The number of halogens is 1. The summed E-state index contributed by atoms with van der Waals surface area (Å²) in [6.45, 7) is 1.05. The molecule has 1 aromatic carbocycles. The molecule has 0 aliphatic rings. The maximum atomic E-state index is 12.7. The predicted molar refractivity (Wildman–Crippen MR) is 66.0 cm³/mol. The summed E-state index contributed by atoms with van der Waals surface area (Å²) in [6, 6.07) is 3.89. The van der Waals surface area contributed by atoms with E-state index in [2.05, 4.69) is 0 Å². The van der Waals surface area contributed by atoms with Gasteiger partial charge in [-0.15, -0.1) is 0 Å². The fourth-order valence-electron chi connectivity index (χ4n) is 1.24. The van der Waals surface area contributed by atoms with Crippen molar-refractivity contribution in [3.63, 3.8) is 0 Å². The van der Waals surface area contributed by atoms with Crippen molar-refractivity contribution in [3.8, 4) is 0 Å². The highest BCUT2D eigenvalue weighted by Crippen LogP contribution is 2.16. The van der Waals surface area contributed by atoms with Crippen molar-refractivity contribution in [2.24, 2.45) is 0 Å². The van der Waals surface area contributed by atoms with E-state index in [1.54, 1.807) is 4.72 Å². The normalized spacial score (nSPS) is 13.8. The first-order valence-corrected chi connectivity index (χ1v) is 8.49. The minimum atomic E-state index is -4.07. The van der Waals surface area contributed by atoms with Crippen molar-refractivity contribution in [3.05, 3.63) is 30.1 Å². The van der Waals surface area contributed by atoms with Gasteiger partial charge in [0.25, 0.3) is 5.91 Å².